The molecule has 1 rings (SSSR count). The van der Waals surface area contributed by atoms with Gasteiger partial charge in [0.05, 0.1) is 6.61 Å². The summed E-state index contributed by atoms with van der Waals surface area (Å²) in [4.78, 5) is 11.5. The van der Waals surface area contributed by atoms with Gasteiger partial charge in [0.1, 0.15) is 5.69 Å². The number of carbonyl (C=O) groups is 1. The van der Waals surface area contributed by atoms with E-state index in [1.807, 2.05) is 17.7 Å². The van der Waals surface area contributed by atoms with Crippen molar-refractivity contribution >= 4 is 21.8 Å². The Labute approximate surface area is 91.0 Å². The zero-order valence-electron chi connectivity index (χ0n) is 7.96. The Hall–Kier alpha value is -0.810. The fourth-order valence-electron chi connectivity index (χ4n) is 1.19. The summed E-state index contributed by atoms with van der Waals surface area (Å²) in [5.41, 5.74) is 0.604. The van der Waals surface area contributed by atoms with Crippen LogP contribution in [0.15, 0.2) is 16.7 Å². The lowest BCUT2D eigenvalue weighted by Gasteiger charge is -2.05. The fourth-order valence-corrected chi connectivity index (χ4v) is 1.65. The highest BCUT2D eigenvalue weighted by atomic mass is 79.9. The number of nitrogens with one attached hydrogen (secondary N) is 1. The van der Waals surface area contributed by atoms with E-state index >= 15 is 0 Å². The molecule has 2 N–H and O–H groups in total. The Morgan fingerprint density at radius 3 is 3.00 bits per heavy atom. The summed E-state index contributed by atoms with van der Waals surface area (Å²) in [6.45, 7) is 2.95. The molecule has 0 fully saturated rings. The van der Waals surface area contributed by atoms with Gasteiger partial charge in [-0.2, -0.15) is 0 Å². The Morgan fingerprint density at radius 1 is 1.71 bits per heavy atom. The molecule has 0 bridgehead atoms. The zero-order chi connectivity index (χ0) is 10.6. The summed E-state index contributed by atoms with van der Waals surface area (Å²) in [6, 6.07) is 1.76. The van der Waals surface area contributed by atoms with Gasteiger partial charge in [-0.05, 0) is 28.9 Å². The van der Waals surface area contributed by atoms with Crippen molar-refractivity contribution < 1.29 is 9.90 Å². The van der Waals surface area contributed by atoms with Gasteiger partial charge in [0, 0.05) is 23.8 Å². The number of aliphatic hydroxyl groups is 1. The van der Waals surface area contributed by atoms with Gasteiger partial charge in [-0.15, -0.1) is 0 Å². The first-order valence-electron chi connectivity index (χ1n) is 4.43. The van der Waals surface area contributed by atoms with E-state index in [9.17, 15) is 4.79 Å². The normalized spacial score (nSPS) is 10.2. The second-order valence-electron chi connectivity index (χ2n) is 2.81. The number of nitrogens with zero attached hydrogens (tertiary/aromatic N) is 1. The number of carbonyl (C=O) groups excluding carboxylic acids is 1. The summed E-state index contributed by atoms with van der Waals surface area (Å²) < 4.78 is 2.73. The minimum atomic E-state index is -0.161. The van der Waals surface area contributed by atoms with Gasteiger partial charge >= 0.3 is 0 Å². The number of hydrogen-bond donors (Lipinski definition) is 2. The molecule has 0 aliphatic rings. The van der Waals surface area contributed by atoms with Crippen LogP contribution < -0.4 is 5.32 Å². The number of aromatic nitrogens is 1. The standard InChI is InChI=1S/C9H13BrN2O2/c1-2-12-6-7(10)5-8(12)9(14)11-3-4-13/h5-6,13H,2-4H2,1H3,(H,11,14). The van der Waals surface area contributed by atoms with E-state index in [4.69, 9.17) is 5.11 Å². The van der Waals surface area contributed by atoms with Crippen LogP contribution in [-0.2, 0) is 6.54 Å². The van der Waals surface area contributed by atoms with Crippen molar-refractivity contribution in [1.29, 1.82) is 0 Å². The maximum absolute atomic E-state index is 11.5. The number of hydrogen-bond acceptors (Lipinski definition) is 2. The molecule has 0 saturated carbocycles. The van der Waals surface area contributed by atoms with Crippen LogP contribution in [0.3, 0.4) is 0 Å². The maximum Gasteiger partial charge on any atom is 0.268 e. The molecule has 0 saturated heterocycles. The van der Waals surface area contributed by atoms with Crippen LogP contribution >= 0.6 is 15.9 Å². The Kier molecular flexibility index (Phi) is 4.16. The molecule has 1 aromatic rings. The van der Waals surface area contributed by atoms with Gasteiger partial charge in [-0.1, -0.05) is 0 Å². The number of rotatable bonds is 4. The Balaban J connectivity index is 2.77. The summed E-state index contributed by atoms with van der Waals surface area (Å²) in [6.07, 6.45) is 1.86. The van der Waals surface area contributed by atoms with Gasteiger partial charge in [0.25, 0.3) is 5.91 Å². The lowest BCUT2D eigenvalue weighted by molar-refractivity contribution is 0.0935. The van der Waals surface area contributed by atoms with E-state index in [-0.39, 0.29) is 19.1 Å². The highest BCUT2D eigenvalue weighted by Crippen LogP contribution is 2.14. The van der Waals surface area contributed by atoms with Crippen molar-refractivity contribution in [2.45, 2.75) is 13.5 Å². The van der Waals surface area contributed by atoms with Crippen molar-refractivity contribution in [2.24, 2.45) is 0 Å². The molecule has 5 heteroatoms. The first kappa shape index (κ1) is 11.3. The third-order valence-corrected chi connectivity index (χ3v) is 2.27. The van der Waals surface area contributed by atoms with Crippen LogP contribution in [0.4, 0.5) is 0 Å². The van der Waals surface area contributed by atoms with Gasteiger partial charge in [0.2, 0.25) is 0 Å². The molecule has 1 aromatic heterocycles. The van der Waals surface area contributed by atoms with E-state index in [0.29, 0.717) is 5.69 Å². The molecule has 0 radical (unpaired) electrons. The summed E-state index contributed by atoms with van der Waals surface area (Å²) in [7, 11) is 0. The van der Waals surface area contributed by atoms with Crippen LogP contribution in [0.5, 0.6) is 0 Å². The lowest BCUT2D eigenvalue weighted by atomic mass is 10.4. The molecular weight excluding hydrogens is 248 g/mol. The molecule has 4 nitrogen and oxygen atoms in total. The van der Waals surface area contributed by atoms with Crippen molar-refractivity contribution in [2.75, 3.05) is 13.2 Å². The van der Waals surface area contributed by atoms with Crippen LogP contribution in [0, 0.1) is 0 Å². The topological polar surface area (TPSA) is 54.3 Å². The number of aliphatic hydroxyl groups excluding tert-OH is 1. The van der Waals surface area contributed by atoms with Gasteiger partial charge in [-0.25, -0.2) is 0 Å². The SMILES string of the molecule is CCn1cc(Br)cc1C(=O)NCCO. The number of amides is 1. The lowest BCUT2D eigenvalue weighted by Crippen LogP contribution is -2.28. The largest absolute Gasteiger partial charge is 0.395 e. The van der Waals surface area contributed by atoms with Crippen molar-refractivity contribution in [3.63, 3.8) is 0 Å². The maximum atomic E-state index is 11.5. The average Bonchev–Trinajstić information content (AvgIpc) is 2.56. The minimum Gasteiger partial charge on any atom is -0.395 e. The number of halogens is 1. The molecule has 0 atom stereocenters. The van der Waals surface area contributed by atoms with E-state index in [1.54, 1.807) is 6.07 Å². The second-order valence-corrected chi connectivity index (χ2v) is 3.72. The smallest absolute Gasteiger partial charge is 0.268 e. The van der Waals surface area contributed by atoms with E-state index in [1.165, 1.54) is 0 Å². The van der Waals surface area contributed by atoms with Gasteiger partial charge < -0.3 is 15.0 Å². The van der Waals surface area contributed by atoms with Crippen LogP contribution in [-0.4, -0.2) is 28.7 Å². The molecule has 0 unspecified atom stereocenters. The highest BCUT2D eigenvalue weighted by molar-refractivity contribution is 9.10. The monoisotopic (exact) mass is 260 g/mol. The fraction of sp³-hybridized carbons (Fsp3) is 0.444. The highest BCUT2D eigenvalue weighted by Gasteiger charge is 2.10. The molecule has 0 spiro atoms. The predicted molar refractivity (Wildman–Crippen MR) is 57.2 cm³/mol. The van der Waals surface area contributed by atoms with Crippen molar-refractivity contribution in [3.05, 3.63) is 22.4 Å². The second kappa shape index (κ2) is 5.17. The third kappa shape index (κ3) is 2.59. The molecule has 1 heterocycles. The summed E-state index contributed by atoms with van der Waals surface area (Å²) >= 11 is 3.31. The van der Waals surface area contributed by atoms with E-state index in [2.05, 4.69) is 21.2 Å². The molecule has 78 valence electrons. The van der Waals surface area contributed by atoms with Gasteiger partial charge in [0.15, 0.2) is 0 Å². The van der Waals surface area contributed by atoms with Crippen LogP contribution in [0.25, 0.3) is 0 Å². The molecule has 0 aromatic carbocycles. The molecule has 1 amide bonds. The van der Waals surface area contributed by atoms with Gasteiger partial charge in [-0.3, -0.25) is 4.79 Å². The van der Waals surface area contributed by atoms with Crippen molar-refractivity contribution in [3.8, 4) is 0 Å². The third-order valence-electron chi connectivity index (χ3n) is 1.83. The van der Waals surface area contributed by atoms with Crippen LogP contribution in [0.2, 0.25) is 0 Å². The minimum absolute atomic E-state index is 0.0419. The summed E-state index contributed by atoms with van der Waals surface area (Å²) in [5, 5.41) is 11.2. The Morgan fingerprint density at radius 2 is 2.43 bits per heavy atom. The van der Waals surface area contributed by atoms with Crippen molar-refractivity contribution in [1.82, 2.24) is 9.88 Å². The molecule has 0 aliphatic heterocycles. The number of aryl methyl sites for hydroxylation is 1. The first-order chi connectivity index (χ1) is 6.69. The molecular formula is C9H13BrN2O2. The molecule has 0 aliphatic carbocycles. The summed E-state index contributed by atoms with van der Waals surface area (Å²) in [5.74, 6) is -0.161. The quantitative estimate of drug-likeness (QED) is 0.849. The Bertz CT molecular complexity index is 323. The molecule has 14 heavy (non-hydrogen) atoms. The zero-order valence-corrected chi connectivity index (χ0v) is 9.54. The van der Waals surface area contributed by atoms with E-state index < -0.39 is 0 Å². The predicted octanol–water partition coefficient (Wildman–Crippen LogP) is 0.993. The first-order valence-corrected chi connectivity index (χ1v) is 5.23. The van der Waals surface area contributed by atoms with E-state index in [0.717, 1.165) is 11.0 Å². The van der Waals surface area contributed by atoms with Crippen LogP contribution in [0.1, 0.15) is 17.4 Å². The average molecular weight is 261 g/mol.